The number of carbonyl (C=O) groups excluding carboxylic acids is 1. The fourth-order valence-corrected chi connectivity index (χ4v) is 4.91. The van der Waals surface area contributed by atoms with E-state index < -0.39 is 0 Å². The van der Waals surface area contributed by atoms with E-state index in [0.29, 0.717) is 11.3 Å². The molecule has 0 spiro atoms. The number of nitrogens with one attached hydrogen (secondary N) is 2. The lowest BCUT2D eigenvalue weighted by molar-refractivity contribution is 0.0947. The molecule has 4 aliphatic heterocycles. The number of hydrogen-bond acceptors (Lipinski definition) is 4. The van der Waals surface area contributed by atoms with E-state index >= 15 is 0 Å². The molecule has 4 aliphatic rings. The smallest absolute Gasteiger partial charge is 0.320 e. The number of nitrogens with zero attached hydrogens (tertiary/aromatic N) is 4. The van der Waals surface area contributed by atoms with Gasteiger partial charge in [0.15, 0.2) is 0 Å². The summed E-state index contributed by atoms with van der Waals surface area (Å²) in [6.07, 6.45) is 10.3. The number of anilines is 2. The number of piperidine rings is 2. The molecule has 1 aromatic heterocycles. The molecule has 2 fully saturated rings. The zero-order chi connectivity index (χ0) is 19.3. The third-order valence-corrected chi connectivity index (χ3v) is 6.79. The van der Waals surface area contributed by atoms with Gasteiger partial charge in [-0.3, -0.25) is 4.99 Å². The number of hydrogen-bond donors (Lipinski definition) is 2. The van der Waals surface area contributed by atoms with Crippen LogP contribution in [0.2, 0.25) is 0 Å². The summed E-state index contributed by atoms with van der Waals surface area (Å²) in [4.78, 5) is 27.7. The molecule has 28 heavy (non-hydrogen) atoms. The van der Waals surface area contributed by atoms with Crippen LogP contribution in [0.3, 0.4) is 0 Å². The van der Waals surface area contributed by atoms with Gasteiger partial charge in [-0.05, 0) is 37.2 Å². The SMILES string of the molecule is CC1(C)CCN(C(=O)N2CCC[C@@H](C3N=CC4=CNc5[nH]ccc5N43)C2)CC1. The number of allylic oxidation sites excluding steroid dienone is 1. The first kappa shape index (κ1) is 17.6. The largest absolute Gasteiger partial charge is 0.346 e. The summed E-state index contributed by atoms with van der Waals surface area (Å²) in [5, 5.41) is 3.29. The highest BCUT2D eigenvalue weighted by Crippen LogP contribution is 2.39. The first-order valence-corrected chi connectivity index (χ1v) is 10.5. The first-order chi connectivity index (χ1) is 13.5. The second-order valence-electron chi connectivity index (χ2n) is 9.30. The fourth-order valence-electron chi connectivity index (χ4n) is 4.91. The number of carbonyl (C=O) groups is 1. The van der Waals surface area contributed by atoms with E-state index in [0.717, 1.165) is 69.1 Å². The Bertz CT molecular complexity index is 815. The van der Waals surface area contributed by atoms with Crippen LogP contribution in [-0.2, 0) is 0 Å². The lowest BCUT2D eigenvalue weighted by Gasteiger charge is -2.43. The molecule has 7 nitrogen and oxygen atoms in total. The molecule has 7 heteroatoms. The maximum atomic E-state index is 13.1. The first-order valence-electron chi connectivity index (χ1n) is 10.5. The second kappa shape index (κ2) is 6.57. The minimum atomic E-state index is 0.0683. The summed E-state index contributed by atoms with van der Waals surface area (Å²) >= 11 is 0. The van der Waals surface area contributed by atoms with Crippen molar-refractivity contribution in [3.8, 4) is 0 Å². The average Bonchev–Trinajstić information content (AvgIpc) is 3.33. The van der Waals surface area contributed by atoms with Gasteiger partial charge < -0.3 is 25.0 Å². The number of likely N-dealkylation sites (tertiary alicyclic amines) is 2. The molecule has 5 heterocycles. The van der Waals surface area contributed by atoms with Crippen LogP contribution in [0.25, 0.3) is 0 Å². The topological polar surface area (TPSA) is 67.0 Å². The Balaban J connectivity index is 1.29. The van der Waals surface area contributed by atoms with Crippen molar-refractivity contribution in [2.24, 2.45) is 16.3 Å². The summed E-state index contributed by atoms with van der Waals surface area (Å²) in [7, 11) is 0. The zero-order valence-corrected chi connectivity index (χ0v) is 16.8. The molecule has 5 rings (SSSR count). The van der Waals surface area contributed by atoms with Crippen molar-refractivity contribution in [3.05, 3.63) is 24.2 Å². The van der Waals surface area contributed by atoms with E-state index in [9.17, 15) is 4.79 Å². The zero-order valence-electron chi connectivity index (χ0n) is 16.8. The minimum Gasteiger partial charge on any atom is -0.346 e. The Morgan fingerprint density at radius 1 is 1.21 bits per heavy atom. The number of fused-ring (bicyclic) bond motifs is 3. The lowest BCUT2D eigenvalue weighted by Crippen LogP contribution is -2.53. The van der Waals surface area contributed by atoms with Gasteiger partial charge in [0.05, 0.1) is 11.4 Å². The Kier molecular flexibility index (Phi) is 4.14. The Morgan fingerprint density at radius 2 is 2.04 bits per heavy atom. The van der Waals surface area contributed by atoms with Gasteiger partial charge in [0.1, 0.15) is 12.0 Å². The number of aromatic amines is 1. The molecule has 150 valence electrons. The third-order valence-electron chi connectivity index (χ3n) is 6.79. The van der Waals surface area contributed by atoms with Crippen LogP contribution in [0.4, 0.5) is 16.3 Å². The van der Waals surface area contributed by atoms with Gasteiger partial charge in [0.25, 0.3) is 0 Å². The maximum Gasteiger partial charge on any atom is 0.320 e. The standard InChI is InChI=1S/C21H30N6O/c1-21(2)6-10-25(11-7-21)20(28)26-9-3-4-15(14-26)19-24-13-16-12-23-18-17(27(16)19)5-8-22-18/h5,8,12-13,15,19,22-23H,3-4,6-7,9-11,14H2,1-2H3/t15-,19?/m1/s1. The molecule has 0 saturated carbocycles. The summed E-state index contributed by atoms with van der Waals surface area (Å²) in [5.74, 6) is 1.36. The quantitative estimate of drug-likeness (QED) is 0.782. The molecule has 0 radical (unpaired) electrons. The number of rotatable bonds is 1. The van der Waals surface area contributed by atoms with E-state index in [1.807, 2.05) is 18.6 Å². The molecule has 0 aromatic carbocycles. The molecule has 2 atom stereocenters. The minimum absolute atomic E-state index is 0.0683. The van der Waals surface area contributed by atoms with Crippen molar-refractivity contribution in [2.75, 3.05) is 36.4 Å². The van der Waals surface area contributed by atoms with Crippen molar-refractivity contribution in [2.45, 2.75) is 45.7 Å². The maximum absolute atomic E-state index is 13.1. The molecule has 1 aromatic rings. The predicted molar refractivity (Wildman–Crippen MR) is 112 cm³/mol. The van der Waals surface area contributed by atoms with Gasteiger partial charge in [-0.25, -0.2) is 4.79 Å². The van der Waals surface area contributed by atoms with Crippen molar-refractivity contribution >= 4 is 23.8 Å². The normalized spacial score (nSPS) is 28.5. The van der Waals surface area contributed by atoms with Crippen LogP contribution in [0.15, 0.2) is 29.2 Å². The number of amides is 2. The van der Waals surface area contributed by atoms with Gasteiger partial charge in [-0.15, -0.1) is 0 Å². The molecule has 2 saturated heterocycles. The van der Waals surface area contributed by atoms with E-state index in [-0.39, 0.29) is 12.2 Å². The van der Waals surface area contributed by atoms with Crippen molar-refractivity contribution < 1.29 is 4.79 Å². The molecule has 2 amide bonds. The summed E-state index contributed by atoms with van der Waals surface area (Å²) in [6.45, 7) is 8.02. The molecule has 2 N–H and O–H groups in total. The fraction of sp³-hybridized carbons (Fsp3) is 0.619. The summed E-state index contributed by atoms with van der Waals surface area (Å²) in [5.41, 5.74) is 2.60. The van der Waals surface area contributed by atoms with Crippen LogP contribution in [0.1, 0.15) is 39.5 Å². The molecule has 0 aliphatic carbocycles. The molecular formula is C21H30N6O. The van der Waals surface area contributed by atoms with E-state index in [2.05, 4.69) is 44.9 Å². The lowest BCUT2D eigenvalue weighted by atomic mass is 9.83. The third kappa shape index (κ3) is 2.97. The average molecular weight is 383 g/mol. The Labute approximate surface area is 166 Å². The number of aromatic nitrogens is 1. The highest BCUT2D eigenvalue weighted by atomic mass is 16.2. The highest BCUT2D eigenvalue weighted by Gasteiger charge is 2.39. The number of aliphatic imine (C=N–C) groups is 1. The predicted octanol–water partition coefficient (Wildman–Crippen LogP) is 3.45. The van der Waals surface area contributed by atoms with Crippen molar-refractivity contribution in [1.82, 2.24) is 14.8 Å². The van der Waals surface area contributed by atoms with E-state index in [1.54, 1.807) is 0 Å². The summed E-state index contributed by atoms with van der Waals surface area (Å²) in [6, 6.07) is 2.32. The van der Waals surface area contributed by atoms with Crippen LogP contribution in [-0.4, -0.2) is 59.4 Å². The molecular weight excluding hydrogens is 352 g/mol. The number of H-pyrrole nitrogens is 1. The van der Waals surface area contributed by atoms with Gasteiger partial charge >= 0.3 is 6.03 Å². The molecule has 0 bridgehead atoms. The van der Waals surface area contributed by atoms with Gasteiger partial charge in [0, 0.05) is 50.7 Å². The van der Waals surface area contributed by atoms with E-state index in [1.165, 1.54) is 0 Å². The highest BCUT2D eigenvalue weighted by molar-refractivity contribution is 5.93. The number of urea groups is 1. The summed E-state index contributed by atoms with van der Waals surface area (Å²) < 4.78 is 0. The van der Waals surface area contributed by atoms with Gasteiger partial charge in [-0.1, -0.05) is 13.8 Å². The van der Waals surface area contributed by atoms with Gasteiger partial charge in [0.2, 0.25) is 0 Å². The van der Waals surface area contributed by atoms with Crippen molar-refractivity contribution in [3.63, 3.8) is 0 Å². The molecule has 1 unspecified atom stereocenters. The van der Waals surface area contributed by atoms with Crippen LogP contribution >= 0.6 is 0 Å². The van der Waals surface area contributed by atoms with Gasteiger partial charge in [-0.2, -0.15) is 0 Å². The second-order valence-corrected chi connectivity index (χ2v) is 9.30. The van der Waals surface area contributed by atoms with Crippen LogP contribution < -0.4 is 10.2 Å². The monoisotopic (exact) mass is 382 g/mol. The Morgan fingerprint density at radius 3 is 2.86 bits per heavy atom. The van der Waals surface area contributed by atoms with E-state index in [4.69, 9.17) is 4.99 Å². The van der Waals surface area contributed by atoms with Crippen LogP contribution in [0, 0.1) is 11.3 Å². The van der Waals surface area contributed by atoms with Crippen molar-refractivity contribution in [1.29, 1.82) is 0 Å². The van der Waals surface area contributed by atoms with Crippen LogP contribution in [0.5, 0.6) is 0 Å². The Hall–Kier alpha value is -2.44.